The van der Waals surface area contributed by atoms with Crippen LogP contribution in [0.15, 0.2) is 10.1 Å². The molecule has 0 fully saturated rings. The molecule has 0 N–H and O–H groups in total. The van der Waals surface area contributed by atoms with Gasteiger partial charge in [0.2, 0.25) is 0 Å². The number of rotatable bonds is 8. The van der Waals surface area contributed by atoms with Gasteiger partial charge in [-0.05, 0) is 44.9 Å². The first kappa shape index (κ1) is 19.5. The van der Waals surface area contributed by atoms with Crippen molar-refractivity contribution >= 4 is 51.4 Å². The van der Waals surface area contributed by atoms with Crippen LogP contribution in [0.4, 0.5) is 0 Å². The summed E-state index contributed by atoms with van der Waals surface area (Å²) in [5.74, 6) is 1.24. The van der Waals surface area contributed by atoms with Crippen LogP contribution in [0.3, 0.4) is 0 Å². The van der Waals surface area contributed by atoms with Crippen molar-refractivity contribution in [3.8, 4) is 0 Å². The number of aliphatic imine (C=N–C) groups is 1. The molecule has 1 rings (SSSR count). The van der Waals surface area contributed by atoms with Crippen molar-refractivity contribution in [1.82, 2.24) is 0 Å². The van der Waals surface area contributed by atoms with Crippen LogP contribution in [0.25, 0.3) is 0 Å². The molecular formula is C13H25N2O2PS3. The van der Waals surface area contributed by atoms with Crippen molar-refractivity contribution < 1.29 is 9.15 Å². The number of hydrogen-bond acceptors (Lipinski definition) is 7. The number of thioether (sulfide) groups is 1. The summed E-state index contributed by atoms with van der Waals surface area (Å²) in [6.45, 7) is 13.0. The Balaban J connectivity index is 2.86. The van der Waals surface area contributed by atoms with Gasteiger partial charge in [-0.3, -0.25) is 4.99 Å². The van der Waals surface area contributed by atoms with Crippen LogP contribution in [0.5, 0.6) is 0 Å². The minimum Gasteiger partial charge on any atom is -0.328 e. The van der Waals surface area contributed by atoms with Crippen LogP contribution in [0, 0.1) is 5.92 Å². The zero-order valence-electron chi connectivity index (χ0n) is 13.6. The lowest BCUT2D eigenvalue weighted by molar-refractivity contribution is 0.281. The molecule has 122 valence electrons. The predicted molar refractivity (Wildman–Crippen MR) is 101 cm³/mol. The highest BCUT2D eigenvalue weighted by Gasteiger charge is 2.34. The first-order valence-electron chi connectivity index (χ1n) is 7.18. The van der Waals surface area contributed by atoms with Crippen LogP contribution >= 0.6 is 28.8 Å². The zero-order valence-corrected chi connectivity index (χ0v) is 16.9. The first-order chi connectivity index (χ1) is 9.73. The van der Waals surface area contributed by atoms with Crippen LogP contribution in [-0.2, 0) is 21.0 Å². The van der Waals surface area contributed by atoms with E-state index in [1.54, 1.807) is 23.1 Å². The van der Waals surface area contributed by atoms with E-state index in [0.29, 0.717) is 12.5 Å². The minimum absolute atomic E-state index is 0.188. The van der Waals surface area contributed by atoms with Crippen molar-refractivity contribution in [2.45, 2.75) is 52.8 Å². The molecule has 0 aliphatic carbocycles. The quantitative estimate of drug-likeness (QED) is 0.429. The van der Waals surface area contributed by atoms with E-state index in [9.17, 15) is 0 Å². The van der Waals surface area contributed by atoms with Gasteiger partial charge in [-0.1, -0.05) is 49.1 Å². The van der Waals surface area contributed by atoms with Gasteiger partial charge in [0.1, 0.15) is 4.87 Å². The molecule has 1 heterocycles. The Kier molecular flexibility index (Phi) is 7.75. The molecule has 0 aromatic rings. The predicted octanol–water partition coefficient (Wildman–Crippen LogP) is 5.30. The fourth-order valence-electron chi connectivity index (χ4n) is 1.62. The second kappa shape index (κ2) is 8.34. The van der Waals surface area contributed by atoms with E-state index in [1.165, 1.54) is 0 Å². The van der Waals surface area contributed by atoms with Crippen molar-refractivity contribution in [1.29, 1.82) is 0 Å². The van der Waals surface area contributed by atoms with Gasteiger partial charge >= 0.3 is 5.69 Å². The molecule has 0 saturated carbocycles. The Morgan fingerprint density at radius 1 is 1.43 bits per heavy atom. The van der Waals surface area contributed by atoms with E-state index in [-0.39, 0.29) is 4.87 Å². The summed E-state index contributed by atoms with van der Waals surface area (Å²) in [6.07, 6.45) is 1.04. The minimum atomic E-state index is -2.39. The fraction of sp³-hybridized carbons (Fsp3) is 0.846. The summed E-state index contributed by atoms with van der Waals surface area (Å²) in [7, 11) is 0. The second-order valence-electron chi connectivity index (χ2n) is 5.38. The smallest absolute Gasteiger partial charge is 0.321 e. The van der Waals surface area contributed by atoms with Gasteiger partial charge in [0, 0.05) is 5.75 Å². The standard InChI is InChI=1S/C13H25N2O2PS3/c1-7-9-20-18(19,16-8-2)17-15-12-11(10(3)4)14-13(5,6)21-12/h10H,7-9H2,1-6H3. The van der Waals surface area contributed by atoms with Crippen molar-refractivity contribution in [3.05, 3.63) is 0 Å². The van der Waals surface area contributed by atoms with Crippen LogP contribution < -0.4 is 0 Å². The van der Waals surface area contributed by atoms with E-state index in [4.69, 9.17) is 25.9 Å². The molecule has 0 radical (unpaired) electrons. The molecule has 1 atom stereocenters. The van der Waals surface area contributed by atoms with Gasteiger partial charge in [0.25, 0.3) is 0 Å². The van der Waals surface area contributed by atoms with Gasteiger partial charge in [-0.15, -0.1) is 0 Å². The van der Waals surface area contributed by atoms with Gasteiger partial charge in [0.05, 0.1) is 12.3 Å². The molecule has 0 saturated heterocycles. The zero-order chi connectivity index (χ0) is 16.1. The largest absolute Gasteiger partial charge is 0.328 e. The lowest BCUT2D eigenvalue weighted by Crippen LogP contribution is -2.13. The Labute approximate surface area is 141 Å². The maximum Gasteiger partial charge on any atom is 0.321 e. The topological polar surface area (TPSA) is 43.2 Å². The van der Waals surface area contributed by atoms with E-state index in [1.807, 2.05) is 6.92 Å². The average Bonchev–Trinajstić information content (AvgIpc) is 2.70. The van der Waals surface area contributed by atoms with E-state index >= 15 is 0 Å². The molecule has 0 aromatic heterocycles. The molecule has 4 nitrogen and oxygen atoms in total. The third-order valence-corrected chi connectivity index (χ3v) is 8.78. The number of nitrogens with zero attached hydrogens (tertiary/aromatic N) is 2. The maximum absolute atomic E-state index is 5.68. The fourth-order valence-corrected chi connectivity index (χ4v) is 6.92. The van der Waals surface area contributed by atoms with Gasteiger partial charge < -0.3 is 9.15 Å². The summed E-state index contributed by atoms with van der Waals surface area (Å²) < 4.78 is 11.3. The van der Waals surface area contributed by atoms with E-state index in [2.05, 4.69) is 39.8 Å². The third kappa shape index (κ3) is 6.22. The molecular weight excluding hydrogens is 343 g/mol. The van der Waals surface area contributed by atoms with Crippen molar-refractivity contribution in [2.75, 3.05) is 12.4 Å². The molecule has 1 aliphatic heterocycles. The van der Waals surface area contributed by atoms with Gasteiger partial charge in [0.15, 0.2) is 5.04 Å². The van der Waals surface area contributed by atoms with Gasteiger partial charge in [-0.25, -0.2) is 0 Å². The Bertz CT molecular complexity index is 464. The highest BCUT2D eigenvalue weighted by atomic mass is 32.9. The highest BCUT2D eigenvalue weighted by Crippen LogP contribution is 2.61. The molecule has 1 unspecified atom stereocenters. The Hall–Kier alpha value is 0.450. The summed E-state index contributed by atoms with van der Waals surface area (Å²) in [4.78, 5) is 4.52. The first-order valence-corrected chi connectivity index (χ1v) is 12.2. The van der Waals surface area contributed by atoms with Crippen LogP contribution in [-0.4, -0.2) is 28.0 Å². The number of oxime groups is 1. The van der Waals surface area contributed by atoms with Crippen LogP contribution in [0.1, 0.15) is 48.0 Å². The monoisotopic (exact) mass is 368 g/mol. The summed E-state index contributed by atoms with van der Waals surface area (Å²) in [6, 6.07) is 0. The number of hydrogen-bond donors (Lipinski definition) is 0. The summed E-state index contributed by atoms with van der Waals surface area (Å²) in [5, 5.41) is 5.15. The maximum atomic E-state index is 5.68. The molecule has 21 heavy (non-hydrogen) atoms. The molecule has 8 heteroatoms. The third-order valence-electron chi connectivity index (χ3n) is 2.47. The molecule has 0 amide bonds. The van der Waals surface area contributed by atoms with Gasteiger partial charge in [-0.2, -0.15) is 0 Å². The normalized spacial score (nSPS) is 22.4. The van der Waals surface area contributed by atoms with E-state index in [0.717, 1.165) is 22.9 Å². The van der Waals surface area contributed by atoms with E-state index < -0.39 is 5.69 Å². The second-order valence-corrected chi connectivity index (χ2v) is 13.3. The van der Waals surface area contributed by atoms with Crippen molar-refractivity contribution in [3.63, 3.8) is 0 Å². The highest BCUT2D eigenvalue weighted by molar-refractivity contribution is 8.67. The molecule has 0 spiro atoms. The van der Waals surface area contributed by atoms with Crippen molar-refractivity contribution in [2.24, 2.45) is 16.1 Å². The average molecular weight is 369 g/mol. The Morgan fingerprint density at radius 3 is 2.62 bits per heavy atom. The Morgan fingerprint density at radius 2 is 2.10 bits per heavy atom. The van der Waals surface area contributed by atoms with Crippen LogP contribution in [0.2, 0.25) is 0 Å². The lowest BCUT2D eigenvalue weighted by atomic mass is 10.1. The SMILES string of the molecule is CCCSP(=S)(OCC)ON=C1SC(C)(C)N=C1C(C)C. The lowest BCUT2D eigenvalue weighted by Gasteiger charge is -2.18. The molecule has 1 aliphatic rings. The molecule has 0 bridgehead atoms. The molecule has 0 aromatic carbocycles. The summed E-state index contributed by atoms with van der Waals surface area (Å²) >= 11 is 8.72. The summed E-state index contributed by atoms with van der Waals surface area (Å²) in [5.41, 5.74) is -1.40.